The van der Waals surface area contributed by atoms with E-state index in [1.165, 1.54) is 12.1 Å². The number of halogens is 1. The second-order valence-corrected chi connectivity index (χ2v) is 5.14. The maximum atomic E-state index is 12.0. The lowest BCUT2D eigenvalue weighted by Gasteiger charge is -2.29. The molecule has 4 nitrogen and oxygen atoms in total. The van der Waals surface area contributed by atoms with Gasteiger partial charge in [0.05, 0.1) is 0 Å². The van der Waals surface area contributed by atoms with Crippen LogP contribution in [0.1, 0.15) is 18.4 Å². The van der Waals surface area contributed by atoms with E-state index in [0.29, 0.717) is 23.7 Å². The van der Waals surface area contributed by atoms with Crippen molar-refractivity contribution in [2.45, 2.75) is 18.9 Å². The van der Waals surface area contributed by atoms with E-state index in [0.717, 1.165) is 12.8 Å². The summed E-state index contributed by atoms with van der Waals surface area (Å²) >= 11 is 5.84. The van der Waals surface area contributed by atoms with Crippen molar-refractivity contribution in [3.8, 4) is 5.75 Å². The van der Waals surface area contributed by atoms with Crippen molar-refractivity contribution < 1.29 is 9.90 Å². The van der Waals surface area contributed by atoms with Crippen LogP contribution in [-0.2, 0) is 4.79 Å². The first-order chi connectivity index (χ1) is 9.06. The maximum Gasteiger partial charge on any atom is 0.246 e. The lowest BCUT2D eigenvalue weighted by Crippen LogP contribution is -2.42. The van der Waals surface area contributed by atoms with Gasteiger partial charge in [-0.3, -0.25) is 4.79 Å². The fourth-order valence-electron chi connectivity index (χ4n) is 2.05. The van der Waals surface area contributed by atoms with Crippen LogP contribution in [0.3, 0.4) is 0 Å². The van der Waals surface area contributed by atoms with Gasteiger partial charge in [0.1, 0.15) is 5.75 Å². The molecule has 1 fully saturated rings. The number of benzene rings is 1. The first-order valence-electron chi connectivity index (χ1n) is 6.27. The number of phenols is 1. The predicted molar refractivity (Wildman–Crippen MR) is 75.9 cm³/mol. The quantitative estimate of drug-likeness (QED) is 0.815. The van der Waals surface area contributed by atoms with Crippen LogP contribution in [0.4, 0.5) is 0 Å². The van der Waals surface area contributed by atoms with Gasteiger partial charge in [-0.15, -0.1) is 0 Å². The second-order valence-electron chi connectivity index (χ2n) is 4.70. The predicted octanol–water partition coefficient (Wildman–Crippen LogP) is 2.01. The second kappa shape index (κ2) is 6.08. The molecule has 0 atom stereocenters. The molecule has 1 aliphatic rings. The van der Waals surface area contributed by atoms with Crippen LogP contribution in [-0.4, -0.2) is 35.0 Å². The SMILES string of the molecule is NC1CCN(C(=O)/C=C/c2cc(Cl)ccc2O)CC1. The van der Waals surface area contributed by atoms with Crippen LogP contribution >= 0.6 is 11.6 Å². The molecule has 0 bridgehead atoms. The smallest absolute Gasteiger partial charge is 0.246 e. The summed E-state index contributed by atoms with van der Waals surface area (Å²) in [5.74, 6) is 0.0420. The van der Waals surface area contributed by atoms with Crippen LogP contribution in [0, 0.1) is 0 Å². The molecule has 0 spiro atoms. The molecule has 102 valence electrons. The van der Waals surface area contributed by atoms with Gasteiger partial charge in [0.15, 0.2) is 0 Å². The van der Waals surface area contributed by atoms with Crippen LogP contribution in [0.5, 0.6) is 5.75 Å². The zero-order valence-electron chi connectivity index (χ0n) is 10.6. The average molecular weight is 281 g/mol. The van der Waals surface area contributed by atoms with Crippen molar-refractivity contribution in [3.05, 3.63) is 34.9 Å². The fourth-order valence-corrected chi connectivity index (χ4v) is 2.23. The summed E-state index contributed by atoms with van der Waals surface area (Å²) in [4.78, 5) is 13.7. The average Bonchev–Trinajstić information content (AvgIpc) is 2.40. The highest BCUT2D eigenvalue weighted by Crippen LogP contribution is 2.22. The monoisotopic (exact) mass is 280 g/mol. The summed E-state index contributed by atoms with van der Waals surface area (Å²) in [5, 5.41) is 10.2. The lowest BCUT2D eigenvalue weighted by molar-refractivity contribution is -0.126. The highest BCUT2D eigenvalue weighted by atomic mass is 35.5. The Hall–Kier alpha value is -1.52. The van der Waals surface area contributed by atoms with Crippen molar-refractivity contribution in [2.24, 2.45) is 5.73 Å². The minimum atomic E-state index is -0.0636. The summed E-state index contributed by atoms with van der Waals surface area (Å²) in [6.45, 7) is 1.37. The van der Waals surface area contributed by atoms with Crippen molar-refractivity contribution in [1.29, 1.82) is 0 Å². The molecule has 3 N–H and O–H groups in total. The minimum Gasteiger partial charge on any atom is -0.507 e. The number of amides is 1. The molecule has 1 saturated heterocycles. The van der Waals surface area contributed by atoms with E-state index >= 15 is 0 Å². The molecule has 0 saturated carbocycles. The molecule has 0 aliphatic carbocycles. The third kappa shape index (κ3) is 3.72. The summed E-state index contributed by atoms with van der Waals surface area (Å²) in [6, 6.07) is 4.92. The van der Waals surface area contributed by atoms with Crippen molar-refractivity contribution in [1.82, 2.24) is 4.90 Å². The number of hydrogen-bond acceptors (Lipinski definition) is 3. The summed E-state index contributed by atoms with van der Waals surface area (Å²) < 4.78 is 0. The minimum absolute atomic E-state index is 0.0636. The number of nitrogens with zero attached hydrogens (tertiary/aromatic N) is 1. The van der Waals surface area contributed by atoms with Crippen LogP contribution in [0.25, 0.3) is 6.08 Å². The third-order valence-electron chi connectivity index (χ3n) is 3.25. The van der Waals surface area contributed by atoms with Gasteiger partial charge >= 0.3 is 0 Å². The zero-order valence-corrected chi connectivity index (χ0v) is 11.3. The van der Waals surface area contributed by atoms with Gasteiger partial charge < -0.3 is 15.7 Å². The van der Waals surface area contributed by atoms with Crippen molar-refractivity contribution >= 4 is 23.6 Å². The van der Waals surface area contributed by atoms with Gasteiger partial charge in [-0.2, -0.15) is 0 Å². The topological polar surface area (TPSA) is 66.6 Å². The van der Waals surface area contributed by atoms with Gasteiger partial charge in [-0.05, 0) is 37.1 Å². The molecular weight excluding hydrogens is 264 g/mol. The van der Waals surface area contributed by atoms with Gasteiger partial charge in [0.25, 0.3) is 0 Å². The Morgan fingerprint density at radius 3 is 2.79 bits per heavy atom. The summed E-state index contributed by atoms with van der Waals surface area (Å²) in [6.07, 6.45) is 4.71. The van der Waals surface area contributed by atoms with Gasteiger partial charge in [0, 0.05) is 35.8 Å². The van der Waals surface area contributed by atoms with Gasteiger partial charge in [0.2, 0.25) is 5.91 Å². The molecular formula is C14H17ClN2O2. The van der Waals surface area contributed by atoms with Crippen LogP contribution < -0.4 is 5.73 Å². The van der Waals surface area contributed by atoms with E-state index in [1.54, 1.807) is 23.1 Å². The number of likely N-dealkylation sites (tertiary alicyclic amines) is 1. The largest absolute Gasteiger partial charge is 0.507 e. The van der Waals surface area contributed by atoms with Gasteiger partial charge in [-0.1, -0.05) is 11.6 Å². The first kappa shape index (κ1) is 13.9. The molecule has 1 aliphatic heterocycles. The number of carbonyl (C=O) groups is 1. The highest BCUT2D eigenvalue weighted by molar-refractivity contribution is 6.30. The molecule has 1 aromatic carbocycles. The summed E-state index contributed by atoms with van der Waals surface area (Å²) in [7, 11) is 0. The number of aromatic hydroxyl groups is 1. The van der Waals surface area contributed by atoms with Crippen LogP contribution in [0.2, 0.25) is 5.02 Å². The number of hydrogen-bond donors (Lipinski definition) is 2. The Kier molecular flexibility index (Phi) is 4.45. The van der Waals surface area contributed by atoms with E-state index in [4.69, 9.17) is 17.3 Å². The normalized spacial score (nSPS) is 17.1. The molecule has 1 heterocycles. The molecule has 0 aromatic heterocycles. The first-order valence-corrected chi connectivity index (χ1v) is 6.65. The molecule has 19 heavy (non-hydrogen) atoms. The molecule has 1 aromatic rings. The standard InChI is InChI=1S/C14H17ClN2O2/c15-11-2-3-13(18)10(9-11)1-4-14(19)17-7-5-12(16)6-8-17/h1-4,9,12,18H,5-8,16H2/b4-1+. The van der Waals surface area contributed by atoms with E-state index in [-0.39, 0.29) is 17.7 Å². The van der Waals surface area contributed by atoms with E-state index in [9.17, 15) is 9.90 Å². The zero-order chi connectivity index (χ0) is 13.8. The van der Waals surface area contributed by atoms with Crippen LogP contribution in [0.15, 0.2) is 24.3 Å². The maximum absolute atomic E-state index is 12.0. The molecule has 5 heteroatoms. The van der Waals surface area contributed by atoms with Crippen molar-refractivity contribution in [2.75, 3.05) is 13.1 Å². The fraction of sp³-hybridized carbons (Fsp3) is 0.357. The highest BCUT2D eigenvalue weighted by Gasteiger charge is 2.18. The summed E-state index contributed by atoms with van der Waals surface area (Å²) in [5.41, 5.74) is 6.33. The van der Waals surface area contributed by atoms with Crippen molar-refractivity contribution in [3.63, 3.8) is 0 Å². The Morgan fingerprint density at radius 2 is 2.11 bits per heavy atom. The Labute approximate surface area is 117 Å². The number of carbonyl (C=O) groups excluding carboxylic acids is 1. The third-order valence-corrected chi connectivity index (χ3v) is 3.48. The number of phenolic OH excluding ortho intramolecular Hbond substituents is 1. The molecule has 0 unspecified atom stereocenters. The Balaban J connectivity index is 2.02. The molecule has 2 rings (SSSR count). The molecule has 0 radical (unpaired) electrons. The Bertz CT molecular complexity index is 494. The van der Waals surface area contributed by atoms with E-state index < -0.39 is 0 Å². The van der Waals surface area contributed by atoms with E-state index in [1.807, 2.05) is 0 Å². The molecule has 1 amide bonds. The van der Waals surface area contributed by atoms with Gasteiger partial charge in [-0.25, -0.2) is 0 Å². The number of piperidine rings is 1. The lowest BCUT2D eigenvalue weighted by atomic mass is 10.1. The number of nitrogens with two attached hydrogens (primary N) is 1. The Morgan fingerprint density at radius 1 is 1.42 bits per heavy atom. The number of rotatable bonds is 2. The van der Waals surface area contributed by atoms with E-state index in [2.05, 4.69) is 0 Å².